The highest BCUT2D eigenvalue weighted by molar-refractivity contribution is 6.35. The van der Waals surface area contributed by atoms with Gasteiger partial charge in [-0.1, -0.05) is 6.92 Å². The molecule has 0 fully saturated rings. The van der Waals surface area contributed by atoms with Crippen molar-refractivity contribution in [2.45, 2.75) is 20.3 Å². The van der Waals surface area contributed by atoms with Gasteiger partial charge in [-0.2, -0.15) is 5.10 Å². The minimum Gasteiger partial charge on any atom is -0.865 e. The van der Waals surface area contributed by atoms with Crippen LogP contribution in [0.4, 0.5) is 5.69 Å². The summed E-state index contributed by atoms with van der Waals surface area (Å²) in [6, 6.07) is 2.25. The van der Waals surface area contributed by atoms with Crippen molar-refractivity contribution < 1.29 is 24.4 Å². The molecule has 0 atom stereocenters. The van der Waals surface area contributed by atoms with Crippen molar-refractivity contribution in [3.05, 3.63) is 27.8 Å². The number of carbonyl (C=O) groups excluding carboxylic acids is 2. The Balaban J connectivity index is 2.88. The molecule has 1 aromatic carbocycles. The van der Waals surface area contributed by atoms with Crippen molar-refractivity contribution in [1.82, 2.24) is 10.7 Å². The second kappa shape index (κ2) is 9.08. The van der Waals surface area contributed by atoms with Gasteiger partial charge < -0.3 is 15.2 Å². The predicted molar refractivity (Wildman–Crippen MR) is 82.7 cm³/mol. The lowest BCUT2D eigenvalue weighted by Gasteiger charge is -2.14. The molecule has 130 valence electrons. The number of nitro benzene ring substituents is 1. The van der Waals surface area contributed by atoms with E-state index >= 15 is 0 Å². The summed E-state index contributed by atoms with van der Waals surface area (Å²) in [5.41, 5.74) is 1.48. The quantitative estimate of drug-likeness (QED) is 0.311. The SMILES string of the molecule is CCCNC(=O)C(=O)N/N=C\c1cc(OCC)c([O-])c([N+](=O)[O-])c1. The van der Waals surface area contributed by atoms with Crippen molar-refractivity contribution in [3.8, 4) is 11.5 Å². The number of nitrogens with one attached hydrogen (secondary N) is 2. The topological polar surface area (TPSA) is 146 Å². The summed E-state index contributed by atoms with van der Waals surface area (Å²) in [4.78, 5) is 32.8. The Morgan fingerprint density at radius 1 is 1.33 bits per heavy atom. The molecule has 0 saturated heterocycles. The Bertz CT molecular complexity index is 659. The van der Waals surface area contributed by atoms with E-state index in [2.05, 4.69) is 10.4 Å². The molecule has 1 aromatic rings. The predicted octanol–water partition coefficient (Wildman–Crippen LogP) is 0.0434. The maximum Gasteiger partial charge on any atom is 0.329 e. The number of hydrazone groups is 1. The molecule has 0 bridgehead atoms. The van der Waals surface area contributed by atoms with Crippen LogP contribution in [0.15, 0.2) is 17.2 Å². The molecule has 2 amide bonds. The van der Waals surface area contributed by atoms with Crippen LogP contribution < -0.4 is 20.6 Å². The molecule has 0 saturated carbocycles. The second-order valence-electron chi connectivity index (χ2n) is 4.51. The van der Waals surface area contributed by atoms with Gasteiger partial charge in [0.1, 0.15) is 5.75 Å². The lowest BCUT2D eigenvalue weighted by molar-refractivity contribution is -0.398. The third-order valence-electron chi connectivity index (χ3n) is 2.68. The largest absolute Gasteiger partial charge is 0.865 e. The fourth-order valence-electron chi connectivity index (χ4n) is 1.62. The van der Waals surface area contributed by atoms with Crippen molar-refractivity contribution >= 4 is 23.7 Å². The lowest BCUT2D eigenvalue weighted by Crippen LogP contribution is -2.38. The first-order chi connectivity index (χ1) is 11.4. The van der Waals surface area contributed by atoms with Crippen molar-refractivity contribution in [2.75, 3.05) is 13.2 Å². The van der Waals surface area contributed by atoms with Gasteiger partial charge in [0.25, 0.3) is 5.69 Å². The van der Waals surface area contributed by atoms with Gasteiger partial charge in [-0.05, 0) is 19.4 Å². The fourth-order valence-corrected chi connectivity index (χ4v) is 1.62. The van der Waals surface area contributed by atoms with Crippen LogP contribution in [0.1, 0.15) is 25.8 Å². The van der Waals surface area contributed by atoms with Crippen LogP contribution in [0.25, 0.3) is 0 Å². The van der Waals surface area contributed by atoms with Gasteiger partial charge in [-0.25, -0.2) is 5.43 Å². The first-order valence-corrected chi connectivity index (χ1v) is 7.14. The molecule has 1 rings (SSSR count). The number of nitrogens with zero attached hydrogens (tertiary/aromatic N) is 2. The Morgan fingerprint density at radius 2 is 2.04 bits per heavy atom. The summed E-state index contributed by atoms with van der Waals surface area (Å²) in [6.45, 7) is 3.96. The van der Waals surface area contributed by atoms with E-state index in [1.807, 2.05) is 12.3 Å². The molecule has 0 aromatic heterocycles. The van der Waals surface area contributed by atoms with Crippen LogP contribution in [0, 0.1) is 10.1 Å². The van der Waals surface area contributed by atoms with E-state index in [9.17, 15) is 24.8 Å². The molecule has 0 spiro atoms. The van der Waals surface area contributed by atoms with E-state index in [4.69, 9.17) is 4.74 Å². The minimum absolute atomic E-state index is 0.154. The number of hydrogen-bond acceptors (Lipinski definition) is 7. The zero-order valence-electron chi connectivity index (χ0n) is 13.2. The Labute approximate surface area is 137 Å². The molecule has 2 N–H and O–H groups in total. The summed E-state index contributed by atoms with van der Waals surface area (Å²) in [7, 11) is 0. The number of rotatable bonds is 7. The number of benzene rings is 1. The van der Waals surface area contributed by atoms with Crippen LogP contribution in [-0.4, -0.2) is 36.1 Å². The zero-order valence-corrected chi connectivity index (χ0v) is 13.2. The van der Waals surface area contributed by atoms with Gasteiger partial charge in [-0.15, -0.1) is 0 Å². The first kappa shape index (κ1) is 18.9. The van der Waals surface area contributed by atoms with Crippen molar-refractivity contribution in [2.24, 2.45) is 5.10 Å². The molecule has 10 nitrogen and oxygen atoms in total. The van der Waals surface area contributed by atoms with E-state index < -0.39 is 28.2 Å². The van der Waals surface area contributed by atoms with Gasteiger partial charge in [0.2, 0.25) is 0 Å². The van der Waals surface area contributed by atoms with E-state index in [-0.39, 0.29) is 17.9 Å². The lowest BCUT2D eigenvalue weighted by atomic mass is 10.2. The maximum atomic E-state index is 11.8. The van der Waals surface area contributed by atoms with Gasteiger partial charge in [0.05, 0.1) is 17.7 Å². The standard InChI is InChI=1S/C14H18N4O6/c1-3-5-15-13(20)14(21)17-16-8-9-6-10(18(22)23)12(19)11(7-9)24-4-2/h6-8,19H,3-5H2,1-2H3,(H,15,20)(H,17,21)/p-1/b16-8-. The summed E-state index contributed by atoms with van der Waals surface area (Å²) in [6.07, 6.45) is 1.74. The summed E-state index contributed by atoms with van der Waals surface area (Å²) in [5.74, 6) is -2.85. The molecule has 0 radical (unpaired) electrons. The van der Waals surface area contributed by atoms with Crippen LogP contribution in [-0.2, 0) is 9.59 Å². The molecule has 24 heavy (non-hydrogen) atoms. The average molecular weight is 337 g/mol. The number of ether oxygens (including phenoxy) is 1. The molecule has 0 unspecified atom stereocenters. The Kier molecular flexibility index (Phi) is 7.14. The highest BCUT2D eigenvalue weighted by atomic mass is 16.6. The van der Waals surface area contributed by atoms with Gasteiger partial charge in [0, 0.05) is 23.9 Å². The Morgan fingerprint density at radius 3 is 2.62 bits per heavy atom. The summed E-state index contributed by atoms with van der Waals surface area (Å²) < 4.78 is 5.05. The minimum atomic E-state index is -0.973. The third-order valence-corrected chi connectivity index (χ3v) is 2.68. The number of amides is 2. The average Bonchev–Trinajstić information content (AvgIpc) is 2.54. The van der Waals surface area contributed by atoms with Gasteiger partial charge >= 0.3 is 11.8 Å². The van der Waals surface area contributed by atoms with E-state index in [0.29, 0.717) is 13.0 Å². The van der Waals surface area contributed by atoms with E-state index in [0.717, 1.165) is 12.3 Å². The Hall–Kier alpha value is -3.17. The highest BCUT2D eigenvalue weighted by Crippen LogP contribution is 2.34. The van der Waals surface area contributed by atoms with Crippen LogP contribution in [0.2, 0.25) is 0 Å². The molecule has 0 aliphatic carbocycles. The number of hydrogen-bond donors (Lipinski definition) is 2. The summed E-state index contributed by atoms with van der Waals surface area (Å²) >= 11 is 0. The monoisotopic (exact) mass is 337 g/mol. The molecule has 10 heteroatoms. The fraction of sp³-hybridized carbons (Fsp3) is 0.357. The normalized spacial score (nSPS) is 10.4. The number of nitro groups is 1. The van der Waals surface area contributed by atoms with Gasteiger partial charge in [-0.3, -0.25) is 19.7 Å². The molecule has 0 heterocycles. The molecule has 0 aliphatic heterocycles. The molecule has 0 aliphatic rings. The third kappa shape index (κ3) is 5.23. The van der Waals surface area contributed by atoms with Crippen LogP contribution >= 0.6 is 0 Å². The summed E-state index contributed by atoms with van der Waals surface area (Å²) in [5, 5.41) is 28.6. The smallest absolute Gasteiger partial charge is 0.329 e. The highest BCUT2D eigenvalue weighted by Gasteiger charge is 2.14. The van der Waals surface area contributed by atoms with Gasteiger partial charge in [0.15, 0.2) is 0 Å². The first-order valence-electron chi connectivity index (χ1n) is 7.14. The van der Waals surface area contributed by atoms with E-state index in [1.54, 1.807) is 6.92 Å². The van der Waals surface area contributed by atoms with E-state index in [1.165, 1.54) is 6.07 Å². The van der Waals surface area contributed by atoms with Crippen molar-refractivity contribution in [1.29, 1.82) is 0 Å². The molecular weight excluding hydrogens is 320 g/mol. The van der Waals surface area contributed by atoms with Crippen LogP contribution in [0.3, 0.4) is 0 Å². The number of carbonyl (C=O) groups is 2. The van der Waals surface area contributed by atoms with Crippen LogP contribution in [0.5, 0.6) is 11.5 Å². The molecular formula is C14H17N4O6-. The zero-order chi connectivity index (χ0) is 18.1. The second-order valence-corrected chi connectivity index (χ2v) is 4.51. The van der Waals surface area contributed by atoms with Crippen molar-refractivity contribution in [3.63, 3.8) is 0 Å². The maximum absolute atomic E-state index is 11.8.